The maximum absolute atomic E-state index is 12.5. The summed E-state index contributed by atoms with van der Waals surface area (Å²) in [6, 6.07) is 5.53. The van der Waals surface area contributed by atoms with Crippen molar-refractivity contribution in [1.29, 1.82) is 0 Å². The van der Waals surface area contributed by atoms with Gasteiger partial charge < -0.3 is 10.2 Å². The van der Waals surface area contributed by atoms with Crippen LogP contribution in [0.1, 0.15) is 30.0 Å². The Bertz CT molecular complexity index is 971. The van der Waals surface area contributed by atoms with Gasteiger partial charge in [-0.05, 0) is 36.6 Å². The molecule has 0 radical (unpaired) electrons. The third kappa shape index (κ3) is 4.78. The molecule has 0 unspecified atom stereocenters. The number of nitrogens with zero attached hydrogens (tertiary/aromatic N) is 6. The summed E-state index contributed by atoms with van der Waals surface area (Å²) in [5.74, 6) is 1.39. The summed E-state index contributed by atoms with van der Waals surface area (Å²) in [7, 11) is 0. The minimum absolute atomic E-state index is 0.0162. The van der Waals surface area contributed by atoms with Gasteiger partial charge in [0.05, 0.1) is 5.69 Å². The Kier molecular flexibility index (Phi) is 5.80. The molecule has 3 aromatic heterocycles. The van der Waals surface area contributed by atoms with Crippen molar-refractivity contribution in [3.63, 3.8) is 0 Å². The predicted octanol–water partition coefficient (Wildman–Crippen LogP) is 2.82. The van der Waals surface area contributed by atoms with Crippen LogP contribution >= 0.6 is 0 Å². The second-order valence-corrected chi connectivity index (χ2v) is 6.71. The first-order chi connectivity index (χ1) is 14.3. The Hall–Kier alpha value is -3.68. The van der Waals surface area contributed by atoms with Crippen molar-refractivity contribution in [1.82, 2.24) is 29.8 Å². The number of anilines is 2. The summed E-state index contributed by atoms with van der Waals surface area (Å²) in [4.78, 5) is 35.7. The highest BCUT2D eigenvalue weighted by Gasteiger charge is 2.26. The molecule has 0 spiro atoms. The first-order valence-electron chi connectivity index (χ1n) is 9.51. The molecule has 8 heteroatoms. The molecule has 146 valence electrons. The number of carbonyl (C=O) groups is 1. The fourth-order valence-corrected chi connectivity index (χ4v) is 3.33. The molecule has 4 heterocycles. The quantitative estimate of drug-likeness (QED) is 0.672. The van der Waals surface area contributed by atoms with Crippen molar-refractivity contribution < 1.29 is 4.79 Å². The van der Waals surface area contributed by atoms with Crippen molar-refractivity contribution >= 4 is 23.7 Å². The molecule has 1 fully saturated rings. The first-order valence-corrected chi connectivity index (χ1v) is 9.51. The maximum atomic E-state index is 12.5. The van der Waals surface area contributed by atoms with E-state index in [1.807, 2.05) is 17.0 Å². The van der Waals surface area contributed by atoms with Crippen molar-refractivity contribution in [2.45, 2.75) is 18.8 Å². The zero-order valence-electron chi connectivity index (χ0n) is 15.8. The Morgan fingerprint density at radius 2 is 1.79 bits per heavy atom. The van der Waals surface area contributed by atoms with E-state index in [1.54, 1.807) is 55.4 Å². The minimum Gasteiger partial charge on any atom is -0.339 e. The molecule has 8 nitrogen and oxygen atoms in total. The van der Waals surface area contributed by atoms with Gasteiger partial charge in [0.2, 0.25) is 11.9 Å². The van der Waals surface area contributed by atoms with Crippen molar-refractivity contribution in [3.05, 3.63) is 72.7 Å². The number of carbonyl (C=O) groups excluding carboxylic acids is 1. The molecule has 1 aliphatic rings. The fourth-order valence-electron chi connectivity index (χ4n) is 3.33. The van der Waals surface area contributed by atoms with E-state index < -0.39 is 0 Å². The molecule has 1 amide bonds. The minimum atomic E-state index is 0.0162. The van der Waals surface area contributed by atoms with E-state index in [4.69, 9.17) is 0 Å². The smallest absolute Gasteiger partial charge is 0.246 e. The number of hydrogen-bond donors (Lipinski definition) is 1. The van der Waals surface area contributed by atoms with Gasteiger partial charge in [0.25, 0.3) is 0 Å². The third-order valence-electron chi connectivity index (χ3n) is 4.82. The number of pyridine rings is 1. The number of hydrogen-bond acceptors (Lipinski definition) is 7. The van der Waals surface area contributed by atoms with E-state index in [9.17, 15) is 4.79 Å². The van der Waals surface area contributed by atoms with E-state index >= 15 is 0 Å². The van der Waals surface area contributed by atoms with E-state index in [0.29, 0.717) is 24.9 Å². The molecule has 0 bridgehead atoms. The van der Waals surface area contributed by atoms with Gasteiger partial charge >= 0.3 is 0 Å². The average Bonchev–Trinajstić information content (AvgIpc) is 2.79. The Labute approximate surface area is 168 Å². The molecular formula is C21H21N7O. The normalized spacial score (nSPS) is 14.8. The van der Waals surface area contributed by atoms with Gasteiger partial charge in [0.15, 0.2) is 5.82 Å². The summed E-state index contributed by atoms with van der Waals surface area (Å²) in [5, 5.41) is 3.15. The van der Waals surface area contributed by atoms with Gasteiger partial charge in [-0.2, -0.15) is 0 Å². The largest absolute Gasteiger partial charge is 0.339 e. The van der Waals surface area contributed by atoms with Crippen LogP contribution in [0.4, 0.5) is 11.8 Å². The van der Waals surface area contributed by atoms with Crippen LogP contribution < -0.4 is 5.32 Å². The van der Waals surface area contributed by atoms with E-state index in [1.165, 1.54) is 0 Å². The summed E-state index contributed by atoms with van der Waals surface area (Å²) in [6.07, 6.45) is 15.2. The Morgan fingerprint density at radius 3 is 2.55 bits per heavy atom. The molecule has 0 aliphatic carbocycles. The van der Waals surface area contributed by atoms with Crippen molar-refractivity contribution in [2.24, 2.45) is 0 Å². The van der Waals surface area contributed by atoms with E-state index in [-0.39, 0.29) is 11.8 Å². The lowest BCUT2D eigenvalue weighted by Crippen LogP contribution is -2.37. The number of amides is 1. The number of nitrogens with one attached hydrogen (secondary N) is 1. The van der Waals surface area contributed by atoms with Gasteiger partial charge in [-0.15, -0.1) is 0 Å². The molecular weight excluding hydrogens is 366 g/mol. The number of piperidine rings is 1. The maximum Gasteiger partial charge on any atom is 0.246 e. The third-order valence-corrected chi connectivity index (χ3v) is 4.82. The monoisotopic (exact) mass is 387 g/mol. The van der Waals surface area contributed by atoms with Crippen LogP contribution in [0.3, 0.4) is 0 Å². The lowest BCUT2D eigenvalue weighted by atomic mass is 9.93. The molecule has 0 saturated carbocycles. The first kappa shape index (κ1) is 18.7. The van der Waals surface area contributed by atoms with Crippen molar-refractivity contribution in [2.75, 3.05) is 18.4 Å². The molecule has 0 atom stereocenters. The van der Waals surface area contributed by atoms with E-state index in [2.05, 4.69) is 30.2 Å². The average molecular weight is 387 g/mol. The number of likely N-dealkylation sites (tertiary alicyclic amines) is 1. The van der Waals surface area contributed by atoms with Crippen LogP contribution in [0.2, 0.25) is 0 Å². The van der Waals surface area contributed by atoms with Gasteiger partial charge in [-0.3, -0.25) is 14.8 Å². The molecule has 0 aromatic carbocycles. The van der Waals surface area contributed by atoms with Gasteiger partial charge in [0.1, 0.15) is 0 Å². The van der Waals surface area contributed by atoms with Gasteiger partial charge in [-0.25, -0.2) is 15.0 Å². The van der Waals surface area contributed by atoms with Crippen molar-refractivity contribution in [3.8, 4) is 0 Å². The Balaban J connectivity index is 1.39. The highest BCUT2D eigenvalue weighted by Crippen LogP contribution is 2.31. The topological polar surface area (TPSA) is 96.8 Å². The fraction of sp³-hybridized carbons (Fsp3) is 0.238. The zero-order chi connectivity index (χ0) is 19.9. The lowest BCUT2D eigenvalue weighted by Gasteiger charge is -2.31. The molecule has 3 aromatic rings. The highest BCUT2D eigenvalue weighted by atomic mass is 16.2. The van der Waals surface area contributed by atoms with Crippen LogP contribution in [0.25, 0.3) is 6.08 Å². The summed E-state index contributed by atoms with van der Waals surface area (Å²) >= 11 is 0. The van der Waals surface area contributed by atoms with Gasteiger partial charge in [0, 0.05) is 62.3 Å². The summed E-state index contributed by atoms with van der Waals surface area (Å²) < 4.78 is 0. The van der Waals surface area contributed by atoms with Gasteiger partial charge in [-0.1, -0.05) is 6.07 Å². The lowest BCUT2D eigenvalue weighted by molar-refractivity contribution is -0.126. The molecule has 1 aliphatic heterocycles. The van der Waals surface area contributed by atoms with E-state index in [0.717, 1.165) is 24.1 Å². The SMILES string of the molecule is O=C(/C=C/c1cccnc1)N1CCC(c2nccnc2Nc2ncccn2)CC1. The number of aromatic nitrogens is 5. The predicted molar refractivity (Wildman–Crippen MR) is 109 cm³/mol. The molecule has 1 N–H and O–H groups in total. The molecule has 29 heavy (non-hydrogen) atoms. The zero-order valence-corrected chi connectivity index (χ0v) is 15.8. The van der Waals surface area contributed by atoms with Crippen LogP contribution in [0, 0.1) is 0 Å². The molecule has 1 saturated heterocycles. The second-order valence-electron chi connectivity index (χ2n) is 6.71. The van der Waals surface area contributed by atoms with Crippen LogP contribution in [-0.2, 0) is 4.79 Å². The van der Waals surface area contributed by atoms with Crippen LogP contribution in [0.15, 0.2) is 61.5 Å². The Morgan fingerprint density at radius 1 is 1.00 bits per heavy atom. The number of rotatable bonds is 5. The molecule has 4 rings (SSSR count). The summed E-state index contributed by atoms with van der Waals surface area (Å²) in [5.41, 5.74) is 1.80. The standard InChI is InChI=1S/C21H21N7O/c29-18(5-4-16-3-1-8-22-15-16)28-13-6-17(7-14-28)19-20(24-12-11-23-19)27-21-25-9-2-10-26-21/h1-5,8-12,15,17H,6-7,13-14H2,(H,24,25,26,27)/b5-4+. The highest BCUT2D eigenvalue weighted by molar-refractivity contribution is 5.91. The van der Waals surface area contributed by atoms with Crippen LogP contribution in [0.5, 0.6) is 0 Å². The van der Waals surface area contributed by atoms with Crippen LogP contribution in [-0.4, -0.2) is 48.8 Å². The summed E-state index contributed by atoms with van der Waals surface area (Å²) in [6.45, 7) is 1.36. The second kappa shape index (κ2) is 9.01.